The van der Waals surface area contributed by atoms with Gasteiger partial charge < -0.3 is 10.6 Å². The summed E-state index contributed by atoms with van der Waals surface area (Å²) in [6, 6.07) is 4.20. The van der Waals surface area contributed by atoms with Crippen LogP contribution in [0.25, 0.3) is 0 Å². The minimum Gasteiger partial charge on any atom is -0.369 e. The third-order valence-corrected chi connectivity index (χ3v) is 3.94. The molecule has 1 fully saturated rings. The number of hydrogen-bond acceptors (Lipinski definition) is 4. The molecule has 0 bridgehead atoms. The average Bonchev–Trinajstić information content (AvgIpc) is 2.87. The van der Waals surface area contributed by atoms with Crippen molar-refractivity contribution in [2.75, 3.05) is 13.1 Å². The Bertz CT molecular complexity index is 590. The highest BCUT2D eigenvalue weighted by molar-refractivity contribution is 9.10. The Morgan fingerprint density at radius 2 is 2.15 bits per heavy atom. The number of nitro groups is 1. The maximum absolute atomic E-state index is 12.2. The summed E-state index contributed by atoms with van der Waals surface area (Å²) >= 11 is 3.06. The summed E-state index contributed by atoms with van der Waals surface area (Å²) in [5.41, 5.74) is 5.27. The van der Waals surface area contributed by atoms with Crippen LogP contribution < -0.4 is 5.73 Å². The second kappa shape index (κ2) is 5.58. The Morgan fingerprint density at radius 1 is 1.45 bits per heavy atom. The molecule has 1 saturated heterocycles. The maximum Gasteiger partial charge on any atom is 0.284 e. The van der Waals surface area contributed by atoms with Crippen LogP contribution in [-0.2, 0) is 4.79 Å². The van der Waals surface area contributed by atoms with Crippen molar-refractivity contribution in [3.05, 3.63) is 38.3 Å². The number of likely N-dealkylation sites (tertiary alicyclic amines) is 1. The van der Waals surface area contributed by atoms with Gasteiger partial charge in [0, 0.05) is 24.7 Å². The van der Waals surface area contributed by atoms with E-state index in [-0.39, 0.29) is 29.6 Å². The molecule has 0 aromatic heterocycles. The first kappa shape index (κ1) is 14.4. The summed E-state index contributed by atoms with van der Waals surface area (Å²) in [6.07, 6.45) is 0.527. The summed E-state index contributed by atoms with van der Waals surface area (Å²) in [4.78, 5) is 35.1. The fourth-order valence-corrected chi connectivity index (χ4v) is 2.54. The molecule has 7 nitrogen and oxygen atoms in total. The molecule has 2 rings (SSSR count). The quantitative estimate of drug-likeness (QED) is 0.660. The molecule has 1 aliphatic rings. The van der Waals surface area contributed by atoms with Gasteiger partial charge in [-0.05, 0) is 34.5 Å². The van der Waals surface area contributed by atoms with E-state index in [4.69, 9.17) is 5.73 Å². The van der Waals surface area contributed by atoms with Crippen molar-refractivity contribution < 1.29 is 14.5 Å². The Kier molecular flexibility index (Phi) is 4.03. The molecule has 1 atom stereocenters. The van der Waals surface area contributed by atoms with Crippen LogP contribution >= 0.6 is 15.9 Å². The maximum atomic E-state index is 12.2. The Balaban J connectivity index is 2.20. The average molecular weight is 342 g/mol. The summed E-state index contributed by atoms with van der Waals surface area (Å²) < 4.78 is 0.315. The highest BCUT2D eigenvalue weighted by Crippen LogP contribution is 2.27. The van der Waals surface area contributed by atoms with Crippen LogP contribution in [0, 0.1) is 16.0 Å². The van der Waals surface area contributed by atoms with Crippen molar-refractivity contribution in [1.29, 1.82) is 0 Å². The first-order valence-electron chi connectivity index (χ1n) is 5.92. The van der Waals surface area contributed by atoms with Gasteiger partial charge in [-0.2, -0.15) is 0 Å². The van der Waals surface area contributed by atoms with E-state index in [1.807, 2.05) is 0 Å². The normalized spacial score (nSPS) is 18.1. The van der Waals surface area contributed by atoms with Crippen molar-refractivity contribution in [2.45, 2.75) is 6.42 Å². The highest BCUT2D eigenvalue weighted by Gasteiger charge is 2.30. The van der Waals surface area contributed by atoms with Crippen LogP contribution in [0.4, 0.5) is 5.69 Å². The van der Waals surface area contributed by atoms with Gasteiger partial charge in [0.25, 0.3) is 11.6 Å². The van der Waals surface area contributed by atoms with Crippen LogP contribution in [0.5, 0.6) is 0 Å². The Morgan fingerprint density at radius 3 is 2.70 bits per heavy atom. The van der Waals surface area contributed by atoms with E-state index < -0.39 is 10.8 Å². The van der Waals surface area contributed by atoms with Crippen molar-refractivity contribution in [2.24, 2.45) is 11.7 Å². The highest BCUT2D eigenvalue weighted by atomic mass is 79.9. The fraction of sp³-hybridized carbons (Fsp3) is 0.333. The molecular weight excluding hydrogens is 330 g/mol. The molecule has 1 aromatic rings. The van der Waals surface area contributed by atoms with Crippen LogP contribution in [0.15, 0.2) is 22.7 Å². The van der Waals surface area contributed by atoms with Gasteiger partial charge in [0.05, 0.1) is 15.3 Å². The van der Waals surface area contributed by atoms with Crippen LogP contribution in [0.3, 0.4) is 0 Å². The number of amides is 2. The van der Waals surface area contributed by atoms with E-state index in [2.05, 4.69) is 15.9 Å². The summed E-state index contributed by atoms with van der Waals surface area (Å²) in [6.45, 7) is 0.689. The summed E-state index contributed by atoms with van der Waals surface area (Å²) in [7, 11) is 0. The van der Waals surface area contributed by atoms with Crippen molar-refractivity contribution in [1.82, 2.24) is 4.90 Å². The lowest BCUT2D eigenvalue weighted by molar-refractivity contribution is -0.385. The molecule has 1 aliphatic heterocycles. The number of carbonyl (C=O) groups is 2. The lowest BCUT2D eigenvalue weighted by Crippen LogP contribution is -2.31. The number of primary amides is 1. The SMILES string of the molecule is NC(=O)C1CCN(C(=O)c2ccc(Br)c([N+](=O)[O-])c2)C1. The number of nitro benzene ring substituents is 1. The van der Waals surface area contributed by atoms with Gasteiger partial charge in [-0.1, -0.05) is 0 Å². The number of nitrogens with zero attached hydrogens (tertiary/aromatic N) is 2. The van der Waals surface area contributed by atoms with Crippen molar-refractivity contribution in [3.63, 3.8) is 0 Å². The minimum absolute atomic E-state index is 0.165. The zero-order valence-corrected chi connectivity index (χ0v) is 12.0. The van der Waals surface area contributed by atoms with Gasteiger partial charge in [0.2, 0.25) is 5.91 Å². The van der Waals surface area contributed by atoms with E-state index in [9.17, 15) is 19.7 Å². The zero-order chi connectivity index (χ0) is 14.9. The second-order valence-electron chi connectivity index (χ2n) is 4.56. The van der Waals surface area contributed by atoms with E-state index in [0.29, 0.717) is 17.4 Å². The molecule has 1 aromatic carbocycles. The van der Waals surface area contributed by atoms with E-state index in [1.54, 1.807) is 0 Å². The van der Waals surface area contributed by atoms with Gasteiger partial charge in [-0.25, -0.2) is 0 Å². The Hall–Kier alpha value is -1.96. The standard InChI is InChI=1S/C12H12BrN3O4/c13-9-2-1-7(5-10(9)16(19)20)12(18)15-4-3-8(6-15)11(14)17/h1-2,5,8H,3-4,6H2,(H2,14,17). The van der Waals surface area contributed by atoms with Crippen molar-refractivity contribution >= 4 is 33.4 Å². The lowest BCUT2D eigenvalue weighted by atomic mass is 10.1. The monoisotopic (exact) mass is 341 g/mol. The van der Waals surface area contributed by atoms with Gasteiger partial charge in [-0.15, -0.1) is 0 Å². The molecule has 8 heteroatoms. The number of nitrogens with two attached hydrogens (primary N) is 1. The number of benzene rings is 1. The summed E-state index contributed by atoms with van der Waals surface area (Å²) in [5.74, 6) is -1.10. The number of carbonyl (C=O) groups excluding carboxylic acids is 2. The van der Waals surface area contributed by atoms with Gasteiger partial charge in [0.1, 0.15) is 0 Å². The second-order valence-corrected chi connectivity index (χ2v) is 5.42. The van der Waals surface area contributed by atoms with Crippen molar-refractivity contribution in [3.8, 4) is 0 Å². The van der Waals surface area contributed by atoms with Gasteiger partial charge in [-0.3, -0.25) is 19.7 Å². The van der Waals surface area contributed by atoms with Crippen LogP contribution in [0.2, 0.25) is 0 Å². The molecule has 106 valence electrons. The molecule has 2 N–H and O–H groups in total. The molecule has 0 radical (unpaired) electrons. The smallest absolute Gasteiger partial charge is 0.284 e. The molecule has 1 unspecified atom stereocenters. The molecule has 1 heterocycles. The Labute approximate surface area is 123 Å². The van der Waals surface area contributed by atoms with Gasteiger partial charge in [0.15, 0.2) is 0 Å². The predicted molar refractivity (Wildman–Crippen MR) is 74.0 cm³/mol. The third-order valence-electron chi connectivity index (χ3n) is 3.27. The van der Waals surface area contributed by atoms with Gasteiger partial charge >= 0.3 is 0 Å². The topological polar surface area (TPSA) is 107 Å². The molecule has 20 heavy (non-hydrogen) atoms. The molecule has 0 spiro atoms. The van der Waals surface area contributed by atoms with E-state index in [1.165, 1.54) is 23.1 Å². The first-order valence-corrected chi connectivity index (χ1v) is 6.72. The first-order chi connectivity index (χ1) is 9.40. The number of halogens is 1. The summed E-state index contributed by atoms with van der Waals surface area (Å²) in [5, 5.41) is 10.8. The number of rotatable bonds is 3. The molecule has 2 amide bonds. The van der Waals surface area contributed by atoms with Crippen LogP contribution in [-0.4, -0.2) is 34.7 Å². The molecule has 0 saturated carbocycles. The van der Waals surface area contributed by atoms with E-state index >= 15 is 0 Å². The molecule has 0 aliphatic carbocycles. The third kappa shape index (κ3) is 2.79. The zero-order valence-electron chi connectivity index (χ0n) is 10.4. The molecular formula is C12H12BrN3O4. The fourth-order valence-electron chi connectivity index (χ4n) is 2.15. The van der Waals surface area contributed by atoms with Crippen LogP contribution in [0.1, 0.15) is 16.8 Å². The lowest BCUT2D eigenvalue weighted by Gasteiger charge is -2.15. The minimum atomic E-state index is -0.558. The largest absolute Gasteiger partial charge is 0.369 e. The van der Waals surface area contributed by atoms with E-state index in [0.717, 1.165) is 0 Å². The number of hydrogen-bond donors (Lipinski definition) is 1. The predicted octanol–water partition coefficient (Wildman–Crippen LogP) is 1.30.